The van der Waals surface area contributed by atoms with Gasteiger partial charge in [0, 0.05) is 33.1 Å². The molecule has 0 heterocycles. The van der Waals surface area contributed by atoms with Crippen LogP contribution in [0.25, 0.3) is 0 Å². The van der Waals surface area contributed by atoms with Gasteiger partial charge in [-0.3, -0.25) is 14.4 Å². The van der Waals surface area contributed by atoms with Gasteiger partial charge in [0.05, 0.1) is 0 Å². The molecule has 0 aromatic heterocycles. The van der Waals surface area contributed by atoms with E-state index >= 15 is 0 Å². The topological polar surface area (TPSA) is 75.3 Å². The average Bonchev–Trinajstić information content (AvgIpc) is 2.57. The third-order valence-electron chi connectivity index (χ3n) is 3.70. The van der Waals surface area contributed by atoms with Gasteiger partial charge in [-0.1, -0.05) is 15.9 Å². The first-order valence-corrected chi connectivity index (χ1v) is 8.73. The van der Waals surface area contributed by atoms with Gasteiger partial charge in [-0.2, -0.15) is 0 Å². The Kier molecular flexibility index (Phi) is 6.46. The molecule has 2 rings (SSSR count). The second-order valence-corrected chi connectivity index (χ2v) is 6.78. The Hall–Kier alpha value is -2.73. The SMILES string of the molecule is CC(=O)c1ccc(NC(=O)/C=C(/C)C(=O)Nc2ccc(Br)cc2C)cc1. The number of ketones is 1. The number of anilines is 2. The van der Waals surface area contributed by atoms with Gasteiger partial charge in [-0.15, -0.1) is 0 Å². The third-order valence-corrected chi connectivity index (χ3v) is 4.19. The Morgan fingerprint density at radius 2 is 1.62 bits per heavy atom. The molecule has 0 fully saturated rings. The highest BCUT2D eigenvalue weighted by atomic mass is 79.9. The van der Waals surface area contributed by atoms with Crippen molar-refractivity contribution in [3.63, 3.8) is 0 Å². The number of Topliss-reactive ketones (excluding diaryl/α,β-unsaturated/α-hetero) is 1. The Balaban J connectivity index is 2.01. The predicted molar refractivity (Wildman–Crippen MR) is 106 cm³/mol. The average molecular weight is 415 g/mol. The second-order valence-electron chi connectivity index (χ2n) is 5.86. The summed E-state index contributed by atoms with van der Waals surface area (Å²) in [5, 5.41) is 5.44. The highest BCUT2D eigenvalue weighted by Crippen LogP contribution is 2.20. The summed E-state index contributed by atoms with van der Waals surface area (Å²) in [5.74, 6) is -0.809. The van der Waals surface area contributed by atoms with Crippen molar-refractivity contribution >= 4 is 44.9 Å². The minimum Gasteiger partial charge on any atom is -0.323 e. The lowest BCUT2D eigenvalue weighted by atomic mass is 10.1. The summed E-state index contributed by atoms with van der Waals surface area (Å²) in [5.41, 5.74) is 3.00. The van der Waals surface area contributed by atoms with E-state index in [1.165, 1.54) is 13.0 Å². The van der Waals surface area contributed by atoms with Crippen molar-refractivity contribution in [2.45, 2.75) is 20.8 Å². The summed E-state index contributed by atoms with van der Waals surface area (Å²) in [6.07, 6.45) is 1.24. The molecule has 2 amide bonds. The Bertz CT molecular complexity index is 886. The molecule has 26 heavy (non-hydrogen) atoms. The highest BCUT2D eigenvalue weighted by Gasteiger charge is 2.09. The number of hydrogen-bond acceptors (Lipinski definition) is 3. The first-order valence-electron chi connectivity index (χ1n) is 7.94. The van der Waals surface area contributed by atoms with Crippen LogP contribution in [-0.2, 0) is 9.59 Å². The van der Waals surface area contributed by atoms with E-state index in [1.807, 2.05) is 19.1 Å². The fourth-order valence-electron chi connectivity index (χ4n) is 2.22. The number of aryl methyl sites for hydroxylation is 1. The van der Waals surface area contributed by atoms with Crippen molar-refractivity contribution in [1.82, 2.24) is 0 Å². The number of amides is 2. The molecule has 0 aliphatic carbocycles. The zero-order valence-electron chi connectivity index (χ0n) is 14.7. The number of halogens is 1. The van der Waals surface area contributed by atoms with Crippen molar-refractivity contribution in [1.29, 1.82) is 0 Å². The Labute approximate surface area is 160 Å². The van der Waals surface area contributed by atoms with Gasteiger partial charge in [-0.05, 0) is 68.8 Å². The van der Waals surface area contributed by atoms with Crippen LogP contribution in [0.2, 0.25) is 0 Å². The standard InChI is InChI=1S/C20H19BrN2O3/c1-12-10-16(21)6-9-18(12)23-20(26)13(2)11-19(25)22-17-7-4-15(5-8-17)14(3)24/h4-11H,1-3H3,(H,22,25)(H,23,26)/b13-11-. The summed E-state index contributed by atoms with van der Waals surface area (Å²) in [6, 6.07) is 12.1. The number of carbonyl (C=O) groups excluding carboxylic acids is 3. The summed E-state index contributed by atoms with van der Waals surface area (Å²) in [6.45, 7) is 4.93. The molecule has 5 nitrogen and oxygen atoms in total. The molecule has 0 saturated heterocycles. The van der Waals surface area contributed by atoms with E-state index in [2.05, 4.69) is 26.6 Å². The van der Waals surface area contributed by atoms with Crippen LogP contribution >= 0.6 is 15.9 Å². The van der Waals surface area contributed by atoms with E-state index in [1.54, 1.807) is 37.3 Å². The number of carbonyl (C=O) groups is 3. The third kappa shape index (κ3) is 5.39. The largest absolute Gasteiger partial charge is 0.323 e. The molecule has 2 N–H and O–H groups in total. The van der Waals surface area contributed by atoms with Gasteiger partial charge >= 0.3 is 0 Å². The molecule has 0 unspecified atom stereocenters. The lowest BCUT2D eigenvalue weighted by Gasteiger charge is -2.09. The number of benzene rings is 2. The maximum Gasteiger partial charge on any atom is 0.251 e. The quantitative estimate of drug-likeness (QED) is 0.559. The maximum atomic E-state index is 12.2. The van der Waals surface area contributed by atoms with Crippen molar-refractivity contribution < 1.29 is 14.4 Å². The van der Waals surface area contributed by atoms with E-state index in [9.17, 15) is 14.4 Å². The highest BCUT2D eigenvalue weighted by molar-refractivity contribution is 9.10. The number of hydrogen-bond donors (Lipinski definition) is 2. The van der Waals surface area contributed by atoms with Crippen molar-refractivity contribution in [2.75, 3.05) is 10.6 Å². The zero-order valence-corrected chi connectivity index (χ0v) is 16.3. The molecule has 0 spiro atoms. The van der Waals surface area contributed by atoms with E-state index in [0.29, 0.717) is 16.9 Å². The van der Waals surface area contributed by atoms with Crippen LogP contribution in [0.5, 0.6) is 0 Å². The summed E-state index contributed by atoms with van der Waals surface area (Å²) < 4.78 is 0.926. The number of nitrogens with one attached hydrogen (secondary N) is 2. The molecule has 2 aromatic carbocycles. The van der Waals surface area contributed by atoms with Gasteiger partial charge < -0.3 is 10.6 Å². The van der Waals surface area contributed by atoms with Crippen LogP contribution in [0, 0.1) is 6.92 Å². The van der Waals surface area contributed by atoms with E-state index in [4.69, 9.17) is 0 Å². The van der Waals surface area contributed by atoms with Crippen LogP contribution in [0.15, 0.2) is 58.6 Å². The van der Waals surface area contributed by atoms with E-state index in [-0.39, 0.29) is 17.3 Å². The monoisotopic (exact) mass is 414 g/mol. The van der Waals surface area contributed by atoms with Crippen molar-refractivity contribution in [3.8, 4) is 0 Å². The minimum absolute atomic E-state index is 0.0430. The van der Waals surface area contributed by atoms with Gasteiger partial charge in [0.1, 0.15) is 0 Å². The van der Waals surface area contributed by atoms with Crippen LogP contribution < -0.4 is 10.6 Å². The molecule has 0 bridgehead atoms. The second kappa shape index (κ2) is 8.58. The molecule has 0 radical (unpaired) electrons. The first kappa shape index (κ1) is 19.6. The molecule has 0 saturated carbocycles. The molecule has 0 aliphatic heterocycles. The minimum atomic E-state index is -0.416. The van der Waals surface area contributed by atoms with Gasteiger partial charge in [0.25, 0.3) is 5.91 Å². The smallest absolute Gasteiger partial charge is 0.251 e. The molecular formula is C20H19BrN2O3. The van der Waals surface area contributed by atoms with Gasteiger partial charge in [0.2, 0.25) is 5.91 Å². The fourth-order valence-corrected chi connectivity index (χ4v) is 2.69. The maximum absolute atomic E-state index is 12.2. The molecule has 2 aromatic rings. The van der Waals surface area contributed by atoms with Crippen LogP contribution in [0.1, 0.15) is 29.8 Å². The Morgan fingerprint density at radius 3 is 2.19 bits per heavy atom. The lowest BCUT2D eigenvalue weighted by Crippen LogP contribution is -2.16. The summed E-state index contributed by atoms with van der Waals surface area (Å²) >= 11 is 3.37. The summed E-state index contributed by atoms with van der Waals surface area (Å²) in [4.78, 5) is 35.6. The molecule has 0 aliphatic rings. The number of rotatable bonds is 5. The van der Waals surface area contributed by atoms with E-state index in [0.717, 1.165) is 10.0 Å². The molecular weight excluding hydrogens is 396 g/mol. The first-order chi connectivity index (χ1) is 12.3. The van der Waals surface area contributed by atoms with Crippen LogP contribution in [0.4, 0.5) is 11.4 Å². The molecule has 134 valence electrons. The van der Waals surface area contributed by atoms with Crippen LogP contribution in [0.3, 0.4) is 0 Å². The van der Waals surface area contributed by atoms with Crippen LogP contribution in [-0.4, -0.2) is 17.6 Å². The van der Waals surface area contributed by atoms with Gasteiger partial charge in [-0.25, -0.2) is 0 Å². The molecule has 0 atom stereocenters. The lowest BCUT2D eigenvalue weighted by molar-refractivity contribution is -0.114. The zero-order chi connectivity index (χ0) is 19.3. The van der Waals surface area contributed by atoms with Crippen molar-refractivity contribution in [2.24, 2.45) is 0 Å². The molecule has 6 heteroatoms. The summed E-state index contributed by atoms with van der Waals surface area (Å²) in [7, 11) is 0. The van der Waals surface area contributed by atoms with E-state index < -0.39 is 5.91 Å². The van der Waals surface area contributed by atoms with Gasteiger partial charge in [0.15, 0.2) is 5.78 Å². The predicted octanol–water partition coefficient (Wildman–Crippen LogP) is 4.48. The normalized spacial score (nSPS) is 11.0. The van der Waals surface area contributed by atoms with Crippen molar-refractivity contribution in [3.05, 3.63) is 69.7 Å². The Morgan fingerprint density at radius 1 is 0.962 bits per heavy atom. The fraction of sp³-hybridized carbons (Fsp3) is 0.150.